The molecular weight excluding hydrogens is 251 g/mol. The third-order valence-corrected chi connectivity index (χ3v) is 2.71. The summed E-state index contributed by atoms with van der Waals surface area (Å²) in [5.41, 5.74) is 6.20. The van der Waals surface area contributed by atoms with Crippen LogP contribution in [-0.4, -0.2) is 23.0 Å². The van der Waals surface area contributed by atoms with E-state index in [1.165, 1.54) is 12.1 Å². The number of halogens is 1. The third-order valence-electron chi connectivity index (χ3n) is 2.71. The Balaban J connectivity index is 2.54. The van der Waals surface area contributed by atoms with Gasteiger partial charge in [0.2, 0.25) is 5.91 Å². The maximum atomic E-state index is 13.0. The van der Waals surface area contributed by atoms with E-state index >= 15 is 0 Å². The molecule has 6 heteroatoms. The molecular formula is C13H17FN2O3. The summed E-state index contributed by atoms with van der Waals surface area (Å²) in [6.45, 7) is 1.70. The predicted octanol–water partition coefficient (Wildman–Crippen LogP) is 1.19. The summed E-state index contributed by atoms with van der Waals surface area (Å²) >= 11 is 0. The van der Waals surface area contributed by atoms with Crippen molar-refractivity contribution in [1.29, 1.82) is 0 Å². The van der Waals surface area contributed by atoms with Crippen LogP contribution >= 0.6 is 0 Å². The highest BCUT2D eigenvalue weighted by Crippen LogP contribution is 2.13. The second-order valence-corrected chi connectivity index (χ2v) is 4.32. The van der Waals surface area contributed by atoms with Crippen LogP contribution in [0.4, 0.5) is 4.39 Å². The number of rotatable bonds is 6. The summed E-state index contributed by atoms with van der Waals surface area (Å²) in [4.78, 5) is 22.1. The number of amides is 1. The topological polar surface area (TPSA) is 92.4 Å². The van der Waals surface area contributed by atoms with Crippen molar-refractivity contribution >= 4 is 11.9 Å². The molecule has 0 radical (unpaired) electrons. The molecule has 1 rings (SSSR count). The fourth-order valence-corrected chi connectivity index (χ4v) is 1.59. The Morgan fingerprint density at radius 2 is 2.16 bits per heavy atom. The van der Waals surface area contributed by atoms with Crippen molar-refractivity contribution in [2.75, 3.05) is 0 Å². The van der Waals surface area contributed by atoms with Crippen LogP contribution in [0.25, 0.3) is 0 Å². The van der Waals surface area contributed by atoms with E-state index in [0.717, 1.165) is 0 Å². The lowest BCUT2D eigenvalue weighted by Gasteiger charge is -2.17. The summed E-state index contributed by atoms with van der Waals surface area (Å²) in [6, 6.07) is 4.62. The van der Waals surface area contributed by atoms with Crippen molar-refractivity contribution in [2.24, 2.45) is 5.73 Å². The summed E-state index contributed by atoms with van der Waals surface area (Å²) in [5.74, 6) is -1.83. The maximum Gasteiger partial charge on any atom is 0.303 e. The van der Waals surface area contributed by atoms with Gasteiger partial charge in [0, 0.05) is 6.42 Å². The smallest absolute Gasteiger partial charge is 0.303 e. The molecule has 0 bridgehead atoms. The molecule has 4 N–H and O–H groups in total. The molecule has 0 fully saturated rings. The van der Waals surface area contributed by atoms with Crippen molar-refractivity contribution in [3.8, 4) is 0 Å². The number of carboxylic acid groups (broad SMARTS) is 1. The minimum absolute atomic E-state index is 0.0665. The van der Waals surface area contributed by atoms with Gasteiger partial charge in [0.1, 0.15) is 5.82 Å². The van der Waals surface area contributed by atoms with E-state index < -0.39 is 17.9 Å². The molecule has 5 nitrogen and oxygen atoms in total. The molecule has 1 aromatic rings. The first-order valence-electron chi connectivity index (χ1n) is 5.93. The predicted molar refractivity (Wildman–Crippen MR) is 67.8 cm³/mol. The van der Waals surface area contributed by atoms with Gasteiger partial charge in [0.15, 0.2) is 0 Å². The van der Waals surface area contributed by atoms with Gasteiger partial charge >= 0.3 is 5.97 Å². The first-order chi connectivity index (χ1) is 8.90. The van der Waals surface area contributed by atoms with Gasteiger partial charge in [-0.05, 0) is 31.0 Å². The van der Waals surface area contributed by atoms with Gasteiger partial charge in [-0.25, -0.2) is 4.39 Å². The van der Waals surface area contributed by atoms with Gasteiger partial charge in [-0.15, -0.1) is 0 Å². The van der Waals surface area contributed by atoms with E-state index in [9.17, 15) is 14.0 Å². The van der Waals surface area contributed by atoms with Gasteiger partial charge in [0.25, 0.3) is 0 Å². The molecule has 0 saturated heterocycles. The molecule has 1 amide bonds. The Morgan fingerprint density at radius 1 is 1.47 bits per heavy atom. The fourth-order valence-electron chi connectivity index (χ4n) is 1.59. The monoisotopic (exact) mass is 268 g/mol. The average Bonchev–Trinajstić information content (AvgIpc) is 2.35. The molecule has 0 aliphatic heterocycles. The zero-order valence-corrected chi connectivity index (χ0v) is 10.6. The summed E-state index contributed by atoms with van der Waals surface area (Å²) in [5, 5.41) is 11.1. The number of carbonyl (C=O) groups excluding carboxylic acids is 1. The summed E-state index contributed by atoms with van der Waals surface area (Å²) in [6.07, 6.45) is -0.0973. The van der Waals surface area contributed by atoms with Crippen LogP contribution in [0.2, 0.25) is 0 Å². The minimum atomic E-state index is -0.999. The number of hydrogen-bond donors (Lipinski definition) is 3. The molecule has 0 aliphatic carbocycles. The fraction of sp³-hybridized carbons (Fsp3) is 0.385. The molecule has 0 aromatic heterocycles. The van der Waals surface area contributed by atoms with Gasteiger partial charge in [-0.3, -0.25) is 9.59 Å². The van der Waals surface area contributed by atoms with Gasteiger partial charge < -0.3 is 16.2 Å². The van der Waals surface area contributed by atoms with E-state index in [-0.39, 0.29) is 24.7 Å². The molecule has 0 heterocycles. The van der Waals surface area contributed by atoms with Gasteiger partial charge in [-0.1, -0.05) is 12.1 Å². The Labute approximate surface area is 110 Å². The number of nitrogens with two attached hydrogens (primary N) is 1. The van der Waals surface area contributed by atoms with E-state index in [2.05, 4.69) is 5.32 Å². The molecule has 19 heavy (non-hydrogen) atoms. The van der Waals surface area contributed by atoms with Crippen LogP contribution in [0.5, 0.6) is 0 Å². The van der Waals surface area contributed by atoms with Crippen LogP contribution in [0.1, 0.15) is 31.4 Å². The Morgan fingerprint density at radius 3 is 2.74 bits per heavy atom. The normalized spacial score (nSPS) is 13.6. The number of nitrogens with one attached hydrogen (secondary N) is 1. The maximum absolute atomic E-state index is 13.0. The number of carbonyl (C=O) groups is 2. The van der Waals surface area contributed by atoms with Crippen molar-refractivity contribution < 1.29 is 19.1 Å². The molecule has 104 valence electrons. The highest BCUT2D eigenvalue weighted by atomic mass is 19.1. The van der Waals surface area contributed by atoms with Crippen LogP contribution in [0.3, 0.4) is 0 Å². The van der Waals surface area contributed by atoms with E-state index in [4.69, 9.17) is 10.8 Å². The highest BCUT2D eigenvalue weighted by Gasteiger charge is 2.17. The van der Waals surface area contributed by atoms with Crippen molar-refractivity contribution in [3.63, 3.8) is 0 Å². The summed E-state index contributed by atoms with van der Waals surface area (Å²) < 4.78 is 13.0. The van der Waals surface area contributed by atoms with E-state index in [0.29, 0.717) is 5.56 Å². The molecule has 0 spiro atoms. The lowest BCUT2D eigenvalue weighted by Crippen LogP contribution is -2.41. The third kappa shape index (κ3) is 5.05. The second-order valence-electron chi connectivity index (χ2n) is 4.32. The zero-order valence-electron chi connectivity index (χ0n) is 10.6. The number of hydrogen-bond acceptors (Lipinski definition) is 3. The van der Waals surface area contributed by atoms with E-state index in [1.807, 2.05) is 0 Å². The highest BCUT2D eigenvalue weighted by molar-refractivity contribution is 5.82. The van der Waals surface area contributed by atoms with Crippen LogP contribution < -0.4 is 11.1 Å². The Bertz CT molecular complexity index is 465. The average molecular weight is 268 g/mol. The van der Waals surface area contributed by atoms with Crippen molar-refractivity contribution in [3.05, 3.63) is 35.6 Å². The largest absolute Gasteiger partial charge is 0.481 e. The van der Waals surface area contributed by atoms with Crippen LogP contribution in [0, 0.1) is 5.82 Å². The zero-order chi connectivity index (χ0) is 14.4. The standard InChI is InChI=1S/C13H17FN2O3/c1-8(9-3-2-4-10(14)7-9)16-13(19)11(15)5-6-12(17)18/h2-4,7-8,11H,5-6,15H2,1H3,(H,16,19)(H,17,18)/t8-,11?/m0/s1. The molecule has 2 atom stereocenters. The van der Waals surface area contributed by atoms with Crippen LogP contribution in [-0.2, 0) is 9.59 Å². The Hall–Kier alpha value is -1.95. The lowest BCUT2D eigenvalue weighted by molar-refractivity contribution is -0.137. The van der Waals surface area contributed by atoms with Gasteiger partial charge in [0.05, 0.1) is 12.1 Å². The number of benzene rings is 1. The molecule has 1 aromatic carbocycles. The molecule has 1 unspecified atom stereocenters. The number of carboxylic acids is 1. The first kappa shape index (κ1) is 15.1. The van der Waals surface area contributed by atoms with Gasteiger partial charge in [-0.2, -0.15) is 0 Å². The quantitative estimate of drug-likeness (QED) is 0.722. The van der Waals surface area contributed by atoms with Crippen molar-refractivity contribution in [2.45, 2.75) is 31.8 Å². The van der Waals surface area contributed by atoms with Crippen LogP contribution in [0.15, 0.2) is 24.3 Å². The lowest BCUT2D eigenvalue weighted by atomic mass is 10.1. The van der Waals surface area contributed by atoms with Crippen molar-refractivity contribution in [1.82, 2.24) is 5.32 Å². The summed E-state index contributed by atoms with van der Waals surface area (Å²) in [7, 11) is 0. The SMILES string of the molecule is C[C@H](NC(=O)C(N)CCC(=O)O)c1cccc(F)c1. The first-order valence-corrected chi connectivity index (χ1v) is 5.93. The van der Waals surface area contributed by atoms with E-state index in [1.54, 1.807) is 19.1 Å². The number of aliphatic carboxylic acids is 1. The minimum Gasteiger partial charge on any atom is -0.481 e. The molecule has 0 saturated carbocycles. The second kappa shape index (κ2) is 6.84. The Kier molecular flexibility index (Phi) is 5.44. The molecule has 0 aliphatic rings.